The average Bonchev–Trinajstić information content (AvgIpc) is 2.89. The van der Waals surface area contributed by atoms with E-state index < -0.39 is 5.97 Å². The number of carbonyl (C=O) groups excluding carboxylic acids is 2. The first kappa shape index (κ1) is 15.8. The summed E-state index contributed by atoms with van der Waals surface area (Å²) in [6.07, 6.45) is 0. The molecule has 1 heterocycles. The van der Waals surface area contributed by atoms with Crippen LogP contribution in [0.5, 0.6) is 5.75 Å². The van der Waals surface area contributed by atoms with E-state index >= 15 is 0 Å². The van der Waals surface area contributed by atoms with Crippen molar-refractivity contribution in [3.8, 4) is 5.75 Å². The van der Waals surface area contributed by atoms with Gasteiger partial charge >= 0.3 is 5.97 Å². The number of rotatable bonds is 5. The first-order valence-electron chi connectivity index (χ1n) is 7.20. The van der Waals surface area contributed by atoms with E-state index in [0.29, 0.717) is 30.1 Å². The Balaban J connectivity index is 2.10. The van der Waals surface area contributed by atoms with E-state index in [2.05, 4.69) is 10.4 Å². The third-order valence-corrected chi connectivity index (χ3v) is 3.08. The Bertz CT molecular complexity index is 674. The minimum atomic E-state index is -0.465. The molecule has 1 aromatic carbocycles. The first-order chi connectivity index (χ1) is 10.5. The van der Waals surface area contributed by atoms with Gasteiger partial charge in [0.1, 0.15) is 11.4 Å². The van der Waals surface area contributed by atoms with Crippen molar-refractivity contribution in [3.63, 3.8) is 0 Å². The number of aryl methyl sites for hydroxylation is 2. The van der Waals surface area contributed by atoms with Crippen LogP contribution in [0, 0.1) is 6.92 Å². The van der Waals surface area contributed by atoms with Gasteiger partial charge in [0.2, 0.25) is 0 Å². The highest BCUT2D eigenvalue weighted by Gasteiger charge is 2.15. The Hall–Kier alpha value is -2.63. The molecule has 1 amide bonds. The highest BCUT2D eigenvalue weighted by atomic mass is 16.5. The molecule has 0 unspecified atom stereocenters. The smallest absolute Gasteiger partial charge is 0.362 e. The maximum absolute atomic E-state index is 12.2. The predicted octanol–water partition coefficient (Wildman–Crippen LogP) is 2.18. The van der Waals surface area contributed by atoms with Crippen LogP contribution >= 0.6 is 0 Å². The molecule has 0 aliphatic rings. The lowest BCUT2D eigenvalue weighted by Crippen LogP contribution is -2.22. The standard InChI is InChI=1S/C16H19N3O3/c1-4-17-15(20)12-6-8-13(9-7-12)22-16(21)14-10-11(3)18-19(14)5-2/h6-10H,4-5H2,1-3H3,(H,17,20). The van der Waals surface area contributed by atoms with Crippen molar-refractivity contribution in [3.05, 3.63) is 47.3 Å². The van der Waals surface area contributed by atoms with Crippen LogP contribution in [-0.2, 0) is 6.54 Å². The van der Waals surface area contributed by atoms with Gasteiger partial charge < -0.3 is 10.1 Å². The summed E-state index contributed by atoms with van der Waals surface area (Å²) < 4.78 is 6.92. The normalized spacial score (nSPS) is 10.3. The minimum Gasteiger partial charge on any atom is -0.422 e. The minimum absolute atomic E-state index is 0.153. The Morgan fingerprint density at radius 3 is 2.50 bits per heavy atom. The maximum atomic E-state index is 12.2. The molecule has 0 saturated heterocycles. The van der Waals surface area contributed by atoms with Crippen LogP contribution in [0.1, 0.15) is 40.4 Å². The van der Waals surface area contributed by atoms with Crippen LogP contribution in [0.4, 0.5) is 0 Å². The van der Waals surface area contributed by atoms with Gasteiger partial charge in [-0.1, -0.05) is 0 Å². The summed E-state index contributed by atoms with van der Waals surface area (Å²) in [5, 5.41) is 6.92. The summed E-state index contributed by atoms with van der Waals surface area (Å²) in [6.45, 7) is 6.74. The Kier molecular flexibility index (Phi) is 4.93. The molecule has 0 aliphatic carbocycles. The van der Waals surface area contributed by atoms with Crippen molar-refractivity contribution >= 4 is 11.9 Å². The number of hydrogen-bond donors (Lipinski definition) is 1. The summed E-state index contributed by atoms with van der Waals surface area (Å²) in [6, 6.07) is 8.13. The summed E-state index contributed by atoms with van der Waals surface area (Å²) in [7, 11) is 0. The van der Waals surface area contributed by atoms with Gasteiger partial charge in [-0.3, -0.25) is 9.48 Å². The van der Waals surface area contributed by atoms with Gasteiger partial charge in [0, 0.05) is 18.7 Å². The van der Waals surface area contributed by atoms with Gasteiger partial charge in [-0.25, -0.2) is 4.79 Å². The molecule has 0 atom stereocenters. The lowest BCUT2D eigenvalue weighted by atomic mass is 10.2. The molecule has 116 valence electrons. The van der Waals surface area contributed by atoms with Crippen molar-refractivity contribution in [2.75, 3.05) is 6.54 Å². The highest BCUT2D eigenvalue weighted by molar-refractivity contribution is 5.94. The monoisotopic (exact) mass is 301 g/mol. The molecule has 0 saturated carbocycles. The second-order valence-electron chi connectivity index (χ2n) is 4.76. The SMILES string of the molecule is CCNC(=O)c1ccc(OC(=O)c2cc(C)nn2CC)cc1. The van der Waals surface area contributed by atoms with Crippen LogP contribution < -0.4 is 10.1 Å². The van der Waals surface area contributed by atoms with Gasteiger partial charge in [0.25, 0.3) is 5.91 Å². The lowest BCUT2D eigenvalue weighted by molar-refractivity contribution is 0.0721. The molecule has 0 fully saturated rings. The summed E-state index contributed by atoms with van der Waals surface area (Å²) >= 11 is 0. The second-order valence-corrected chi connectivity index (χ2v) is 4.76. The molecule has 1 aromatic heterocycles. The maximum Gasteiger partial charge on any atom is 0.362 e. The molecule has 0 bridgehead atoms. The quantitative estimate of drug-likeness (QED) is 0.678. The largest absolute Gasteiger partial charge is 0.422 e. The molecule has 0 spiro atoms. The molecule has 0 radical (unpaired) electrons. The van der Waals surface area contributed by atoms with Gasteiger partial charge in [-0.2, -0.15) is 5.10 Å². The van der Waals surface area contributed by atoms with Crippen molar-refractivity contribution in [1.29, 1.82) is 0 Å². The molecule has 2 rings (SSSR count). The Morgan fingerprint density at radius 1 is 1.23 bits per heavy atom. The molecule has 0 aliphatic heterocycles. The van der Waals surface area contributed by atoms with Crippen molar-refractivity contribution in [2.45, 2.75) is 27.3 Å². The number of carbonyl (C=O) groups is 2. The Labute approximate surface area is 129 Å². The number of aromatic nitrogens is 2. The number of hydrogen-bond acceptors (Lipinski definition) is 4. The van der Waals surface area contributed by atoms with E-state index in [0.717, 1.165) is 5.69 Å². The zero-order chi connectivity index (χ0) is 16.1. The third kappa shape index (κ3) is 3.52. The summed E-state index contributed by atoms with van der Waals surface area (Å²) in [5.41, 5.74) is 1.70. The molecular formula is C16H19N3O3. The Morgan fingerprint density at radius 2 is 1.91 bits per heavy atom. The zero-order valence-electron chi connectivity index (χ0n) is 12.9. The topological polar surface area (TPSA) is 73.2 Å². The number of nitrogens with zero attached hydrogens (tertiary/aromatic N) is 2. The highest BCUT2D eigenvalue weighted by Crippen LogP contribution is 2.15. The third-order valence-electron chi connectivity index (χ3n) is 3.08. The zero-order valence-corrected chi connectivity index (χ0v) is 12.9. The second kappa shape index (κ2) is 6.89. The first-order valence-corrected chi connectivity index (χ1v) is 7.20. The predicted molar refractivity (Wildman–Crippen MR) is 82.0 cm³/mol. The number of amides is 1. The van der Waals surface area contributed by atoms with E-state index in [-0.39, 0.29) is 5.91 Å². The van der Waals surface area contributed by atoms with Crippen molar-refractivity contribution in [1.82, 2.24) is 15.1 Å². The number of ether oxygens (including phenoxy) is 1. The van der Waals surface area contributed by atoms with Crippen molar-refractivity contribution < 1.29 is 14.3 Å². The number of esters is 1. The average molecular weight is 301 g/mol. The van der Waals surface area contributed by atoms with Crippen LogP contribution in [-0.4, -0.2) is 28.2 Å². The van der Waals surface area contributed by atoms with E-state index in [1.54, 1.807) is 35.0 Å². The molecule has 22 heavy (non-hydrogen) atoms. The van der Waals surface area contributed by atoms with E-state index in [1.807, 2.05) is 20.8 Å². The van der Waals surface area contributed by atoms with E-state index in [9.17, 15) is 9.59 Å². The van der Waals surface area contributed by atoms with Crippen LogP contribution in [0.25, 0.3) is 0 Å². The van der Waals surface area contributed by atoms with Crippen LogP contribution in [0.3, 0.4) is 0 Å². The number of benzene rings is 1. The lowest BCUT2D eigenvalue weighted by Gasteiger charge is -2.07. The molecule has 6 nitrogen and oxygen atoms in total. The van der Waals surface area contributed by atoms with Crippen LogP contribution in [0.2, 0.25) is 0 Å². The summed E-state index contributed by atoms with van der Waals surface area (Å²) in [4.78, 5) is 23.8. The van der Waals surface area contributed by atoms with Gasteiger partial charge in [-0.15, -0.1) is 0 Å². The van der Waals surface area contributed by atoms with E-state index in [1.165, 1.54) is 0 Å². The van der Waals surface area contributed by atoms with Crippen molar-refractivity contribution in [2.24, 2.45) is 0 Å². The fourth-order valence-electron chi connectivity index (χ4n) is 2.05. The van der Waals surface area contributed by atoms with Gasteiger partial charge in [0.05, 0.1) is 5.69 Å². The van der Waals surface area contributed by atoms with Crippen LogP contribution in [0.15, 0.2) is 30.3 Å². The number of nitrogens with one attached hydrogen (secondary N) is 1. The van der Waals surface area contributed by atoms with Gasteiger partial charge in [0.15, 0.2) is 0 Å². The molecule has 6 heteroatoms. The molecule has 2 aromatic rings. The summed E-state index contributed by atoms with van der Waals surface area (Å²) in [5.74, 6) is -0.229. The fraction of sp³-hybridized carbons (Fsp3) is 0.312. The fourth-order valence-corrected chi connectivity index (χ4v) is 2.05. The van der Waals surface area contributed by atoms with Gasteiger partial charge in [-0.05, 0) is 51.1 Å². The van der Waals surface area contributed by atoms with E-state index in [4.69, 9.17) is 4.74 Å². The molecule has 1 N–H and O–H groups in total. The molecular weight excluding hydrogens is 282 g/mol.